The molecule has 0 saturated carbocycles. The minimum atomic E-state index is -0.618. The van der Waals surface area contributed by atoms with Crippen molar-refractivity contribution in [2.75, 3.05) is 52.8 Å². The Labute approximate surface area is 88.3 Å². The van der Waals surface area contributed by atoms with Gasteiger partial charge in [0.1, 0.15) is 0 Å². The van der Waals surface area contributed by atoms with E-state index in [0.717, 1.165) is 12.8 Å². The molecular formula is C10H20O4. The Morgan fingerprint density at radius 3 is 1.50 bits per heavy atom. The van der Waals surface area contributed by atoms with Crippen molar-refractivity contribution < 1.29 is 21.7 Å². The van der Waals surface area contributed by atoms with Crippen LogP contribution in [0.1, 0.15) is 15.6 Å². The number of rotatable bonds is 0. The van der Waals surface area contributed by atoms with Gasteiger partial charge in [-0.1, -0.05) is 0 Å². The molecule has 0 aliphatic carbocycles. The van der Waals surface area contributed by atoms with Crippen LogP contribution in [0, 0.1) is 0 Å². The largest absolute Gasteiger partial charge is 0.379 e. The van der Waals surface area contributed by atoms with Crippen LogP contribution in [0.3, 0.4) is 0 Å². The van der Waals surface area contributed by atoms with E-state index in [1.807, 2.05) is 0 Å². The van der Waals surface area contributed by atoms with Crippen molar-refractivity contribution >= 4 is 0 Å². The Kier molecular flexibility index (Phi) is 6.10. The molecule has 0 N–H and O–H groups in total. The number of hydrogen-bond acceptors (Lipinski definition) is 4. The van der Waals surface area contributed by atoms with Gasteiger partial charge in [0, 0.05) is 26.4 Å². The summed E-state index contributed by atoms with van der Waals surface area (Å²) in [5.74, 6) is 0. The molecule has 0 amide bonds. The molecular weight excluding hydrogens is 184 g/mol. The first-order valence-corrected chi connectivity index (χ1v) is 5.02. The highest BCUT2D eigenvalue weighted by atomic mass is 16.5. The van der Waals surface area contributed by atoms with Crippen molar-refractivity contribution in [3.63, 3.8) is 0 Å². The third kappa shape index (κ3) is 7.26. The second-order valence-electron chi connectivity index (χ2n) is 2.93. The van der Waals surface area contributed by atoms with E-state index in [-0.39, 0.29) is 13.2 Å². The monoisotopic (exact) mass is 206 g/mol. The van der Waals surface area contributed by atoms with Crippen LogP contribution in [0.4, 0.5) is 0 Å². The molecule has 1 fully saturated rings. The van der Waals surface area contributed by atoms with Crippen LogP contribution in [0.25, 0.3) is 0 Å². The topological polar surface area (TPSA) is 36.9 Å². The van der Waals surface area contributed by atoms with Crippen molar-refractivity contribution in [1.29, 1.82) is 0 Å². The van der Waals surface area contributed by atoms with Crippen LogP contribution >= 0.6 is 0 Å². The van der Waals surface area contributed by atoms with Gasteiger partial charge in [0.2, 0.25) is 0 Å². The fourth-order valence-corrected chi connectivity index (χ4v) is 1.01. The van der Waals surface area contributed by atoms with Crippen molar-refractivity contribution in [2.45, 2.75) is 12.8 Å². The SMILES string of the molecule is [2H]C1COCCCOC([2H])COCCCO1. The van der Waals surface area contributed by atoms with Crippen LogP contribution < -0.4 is 0 Å². The lowest BCUT2D eigenvalue weighted by molar-refractivity contribution is 0.00240. The summed E-state index contributed by atoms with van der Waals surface area (Å²) in [6, 6.07) is 0. The molecule has 0 bridgehead atoms. The van der Waals surface area contributed by atoms with Crippen LogP contribution in [0.5, 0.6) is 0 Å². The first-order chi connectivity index (χ1) is 7.79. The maximum atomic E-state index is 7.48. The number of ether oxygens (including phenoxy) is 4. The third-order valence-corrected chi connectivity index (χ3v) is 1.71. The van der Waals surface area contributed by atoms with E-state index in [1.165, 1.54) is 0 Å². The molecule has 0 spiro atoms. The molecule has 84 valence electrons. The third-order valence-electron chi connectivity index (χ3n) is 1.71. The van der Waals surface area contributed by atoms with Crippen molar-refractivity contribution in [3.05, 3.63) is 0 Å². The van der Waals surface area contributed by atoms with Crippen LogP contribution in [-0.2, 0) is 18.9 Å². The molecule has 1 rings (SSSR count). The highest BCUT2D eigenvalue weighted by Gasteiger charge is 1.95. The van der Waals surface area contributed by atoms with Gasteiger partial charge in [-0.3, -0.25) is 0 Å². The Morgan fingerprint density at radius 2 is 1.00 bits per heavy atom. The van der Waals surface area contributed by atoms with Gasteiger partial charge >= 0.3 is 0 Å². The average molecular weight is 206 g/mol. The van der Waals surface area contributed by atoms with E-state index in [4.69, 9.17) is 21.7 Å². The zero-order valence-electron chi connectivity index (χ0n) is 10.4. The summed E-state index contributed by atoms with van der Waals surface area (Å²) in [4.78, 5) is 0. The highest BCUT2D eigenvalue weighted by Crippen LogP contribution is 1.90. The normalized spacial score (nSPS) is 36.6. The molecule has 2 unspecified atom stereocenters. The lowest BCUT2D eigenvalue weighted by Crippen LogP contribution is -2.12. The molecule has 0 aromatic carbocycles. The van der Waals surface area contributed by atoms with E-state index in [9.17, 15) is 0 Å². The summed E-state index contributed by atoms with van der Waals surface area (Å²) in [6.07, 6.45) is 1.45. The van der Waals surface area contributed by atoms with Crippen LogP contribution in [0.15, 0.2) is 0 Å². The predicted molar refractivity (Wildman–Crippen MR) is 52.5 cm³/mol. The van der Waals surface area contributed by atoms with E-state index < -0.39 is 13.2 Å². The Balaban J connectivity index is 2.18. The summed E-state index contributed by atoms with van der Waals surface area (Å²) >= 11 is 0. The van der Waals surface area contributed by atoms with Crippen LogP contribution in [-0.4, -0.2) is 52.8 Å². The van der Waals surface area contributed by atoms with Gasteiger partial charge in [0.05, 0.1) is 29.1 Å². The molecule has 4 heteroatoms. The smallest absolute Gasteiger partial charge is 0.0700 e. The summed E-state index contributed by atoms with van der Waals surface area (Å²) in [6.45, 7) is 1.37. The Bertz CT molecular complexity index is 137. The predicted octanol–water partition coefficient (Wildman–Crippen LogP) is 0.847. The first-order valence-electron chi connectivity index (χ1n) is 6.17. The molecule has 1 aliphatic rings. The minimum absolute atomic E-state index is 0.283. The summed E-state index contributed by atoms with van der Waals surface area (Å²) < 4.78 is 35.8. The maximum absolute atomic E-state index is 7.48. The molecule has 1 saturated heterocycles. The zero-order chi connectivity index (χ0) is 11.6. The van der Waals surface area contributed by atoms with E-state index >= 15 is 0 Å². The molecule has 0 aromatic heterocycles. The number of hydrogen-bond donors (Lipinski definition) is 0. The fraction of sp³-hybridized carbons (Fsp3) is 1.00. The van der Waals surface area contributed by atoms with E-state index in [0.29, 0.717) is 26.4 Å². The molecule has 14 heavy (non-hydrogen) atoms. The van der Waals surface area contributed by atoms with Crippen molar-refractivity contribution in [3.8, 4) is 0 Å². The van der Waals surface area contributed by atoms with Gasteiger partial charge in [-0.15, -0.1) is 0 Å². The van der Waals surface area contributed by atoms with Gasteiger partial charge in [0.15, 0.2) is 0 Å². The second kappa shape index (κ2) is 9.40. The molecule has 2 atom stereocenters. The lowest BCUT2D eigenvalue weighted by atomic mass is 10.5. The molecule has 1 aliphatic heterocycles. The van der Waals surface area contributed by atoms with Gasteiger partial charge in [-0.2, -0.15) is 0 Å². The highest BCUT2D eigenvalue weighted by molar-refractivity contribution is 4.40. The summed E-state index contributed by atoms with van der Waals surface area (Å²) in [5, 5.41) is 0. The average Bonchev–Trinajstić information content (AvgIpc) is 2.27. The molecule has 0 radical (unpaired) electrons. The Morgan fingerprint density at radius 1 is 0.571 bits per heavy atom. The van der Waals surface area contributed by atoms with E-state index in [2.05, 4.69) is 0 Å². The summed E-state index contributed by atoms with van der Waals surface area (Å²) in [5.41, 5.74) is 0. The van der Waals surface area contributed by atoms with E-state index in [1.54, 1.807) is 0 Å². The van der Waals surface area contributed by atoms with Gasteiger partial charge in [0.25, 0.3) is 0 Å². The molecule has 1 heterocycles. The van der Waals surface area contributed by atoms with Crippen molar-refractivity contribution in [1.82, 2.24) is 0 Å². The quantitative estimate of drug-likeness (QED) is 0.588. The first kappa shape index (κ1) is 9.09. The van der Waals surface area contributed by atoms with Crippen molar-refractivity contribution in [2.24, 2.45) is 0 Å². The zero-order valence-corrected chi connectivity index (χ0v) is 8.44. The Hall–Kier alpha value is -0.160. The second-order valence-corrected chi connectivity index (χ2v) is 2.93. The molecule has 0 aromatic rings. The van der Waals surface area contributed by atoms with Gasteiger partial charge in [-0.05, 0) is 12.8 Å². The van der Waals surface area contributed by atoms with Gasteiger partial charge in [-0.25, -0.2) is 0 Å². The fourth-order valence-electron chi connectivity index (χ4n) is 1.01. The van der Waals surface area contributed by atoms with Gasteiger partial charge < -0.3 is 18.9 Å². The maximum Gasteiger partial charge on any atom is 0.0700 e. The standard InChI is InChI=1S/C10H20O4/c1-3-11-7-9-13-5-2-6-14-10-8-12-4-1/h1-10H2/i7D,10D. The molecule has 4 nitrogen and oxygen atoms in total. The minimum Gasteiger partial charge on any atom is -0.379 e. The summed E-state index contributed by atoms with van der Waals surface area (Å²) in [7, 11) is 0. The van der Waals surface area contributed by atoms with Crippen LogP contribution in [0.2, 0.25) is 0 Å². The lowest BCUT2D eigenvalue weighted by Gasteiger charge is -2.09.